The van der Waals surface area contributed by atoms with E-state index in [9.17, 15) is 18.8 Å². The second-order valence-electron chi connectivity index (χ2n) is 11.5. The quantitative estimate of drug-likeness (QED) is 0.270. The molecule has 4 rings (SSSR count). The van der Waals surface area contributed by atoms with Gasteiger partial charge in [-0.1, -0.05) is 68.6 Å². The lowest BCUT2D eigenvalue weighted by atomic mass is 9.93. The van der Waals surface area contributed by atoms with Gasteiger partial charge in [-0.3, -0.25) is 14.4 Å². The molecular formula is C33H38ClFN2O4. The summed E-state index contributed by atoms with van der Waals surface area (Å²) in [6.45, 7) is 12.3. The highest BCUT2D eigenvalue weighted by molar-refractivity contribution is 6.34. The standard InChI is InChI=1S/C18H15ClFNO3.C15H23NO/c1-3-10(2)24-16-9-15(14(20)8-13(16)19)21-17(22)11-6-4-5-7-12(11)18(21)23;1-12(2)16(14(17)15(3,4)5)11-13-9-7-6-8-10-13/h1,8-10H,4-7H2,2H3;6-10,12H,11H2,1-5H3. The van der Waals surface area contributed by atoms with Gasteiger partial charge in [-0.25, -0.2) is 9.29 Å². The highest BCUT2D eigenvalue weighted by Gasteiger charge is 2.41. The summed E-state index contributed by atoms with van der Waals surface area (Å²) in [4.78, 5) is 40.3. The van der Waals surface area contributed by atoms with Gasteiger partial charge in [0.15, 0.2) is 6.10 Å². The number of ether oxygens (including phenoxy) is 1. The smallest absolute Gasteiger partial charge is 0.261 e. The van der Waals surface area contributed by atoms with Crippen LogP contribution in [0.2, 0.25) is 5.02 Å². The number of amides is 3. The Bertz CT molecular complexity index is 1340. The maximum atomic E-state index is 14.4. The first-order chi connectivity index (χ1) is 19.3. The van der Waals surface area contributed by atoms with Crippen molar-refractivity contribution in [3.63, 3.8) is 0 Å². The van der Waals surface area contributed by atoms with E-state index in [4.69, 9.17) is 22.8 Å². The molecular weight excluding hydrogens is 543 g/mol. The molecule has 0 N–H and O–H groups in total. The third-order valence-corrected chi connectivity index (χ3v) is 7.19. The maximum absolute atomic E-state index is 14.4. The number of carbonyl (C=O) groups excluding carboxylic acids is 3. The van der Waals surface area contributed by atoms with E-state index in [-0.39, 0.29) is 33.8 Å². The number of imide groups is 1. The van der Waals surface area contributed by atoms with Crippen molar-refractivity contribution in [2.75, 3.05) is 4.90 Å². The molecule has 1 unspecified atom stereocenters. The molecule has 3 amide bonds. The minimum atomic E-state index is -0.762. The minimum Gasteiger partial charge on any atom is -0.476 e. The van der Waals surface area contributed by atoms with Crippen molar-refractivity contribution in [1.29, 1.82) is 0 Å². The Morgan fingerprint density at radius 1 is 1.07 bits per heavy atom. The van der Waals surface area contributed by atoms with E-state index in [0.717, 1.165) is 23.8 Å². The molecule has 218 valence electrons. The van der Waals surface area contributed by atoms with Gasteiger partial charge in [0, 0.05) is 35.2 Å². The highest BCUT2D eigenvalue weighted by Crippen LogP contribution is 2.39. The largest absolute Gasteiger partial charge is 0.476 e. The first kappa shape index (κ1) is 31.9. The van der Waals surface area contributed by atoms with Crippen molar-refractivity contribution in [3.8, 4) is 18.1 Å². The second kappa shape index (κ2) is 13.4. The molecule has 2 aliphatic rings. The van der Waals surface area contributed by atoms with Crippen LogP contribution in [0.5, 0.6) is 5.75 Å². The van der Waals surface area contributed by atoms with Crippen LogP contribution in [0.4, 0.5) is 10.1 Å². The molecule has 1 atom stereocenters. The Hall–Kier alpha value is -3.63. The molecule has 0 radical (unpaired) electrons. The van der Waals surface area contributed by atoms with Crippen LogP contribution in [0.25, 0.3) is 0 Å². The molecule has 0 bridgehead atoms. The lowest BCUT2D eigenvalue weighted by molar-refractivity contribution is -0.142. The summed E-state index contributed by atoms with van der Waals surface area (Å²) in [6, 6.07) is 12.6. The predicted molar refractivity (Wildman–Crippen MR) is 160 cm³/mol. The molecule has 0 saturated heterocycles. The zero-order valence-corrected chi connectivity index (χ0v) is 25.3. The van der Waals surface area contributed by atoms with E-state index in [1.807, 2.05) is 43.9 Å². The lowest BCUT2D eigenvalue weighted by Crippen LogP contribution is -2.43. The summed E-state index contributed by atoms with van der Waals surface area (Å²) in [5.74, 6) is 1.01. The predicted octanol–water partition coefficient (Wildman–Crippen LogP) is 7.09. The Morgan fingerprint density at radius 2 is 1.63 bits per heavy atom. The number of hydrogen-bond donors (Lipinski definition) is 0. The van der Waals surface area contributed by atoms with Crippen molar-refractivity contribution < 1.29 is 23.5 Å². The van der Waals surface area contributed by atoms with Gasteiger partial charge in [0.1, 0.15) is 11.6 Å². The molecule has 1 aliphatic heterocycles. The molecule has 0 fully saturated rings. The molecule has 6 nitrogen and oxygen atoms in total. The zero-order valence-electron chi connectivity index (χ0n) is 24.6. The molecule has 1 heterocycles. The minimum absolute atomic E-state index is 0.0233. The third kappa shape index (κ3) is 7.56. The Kier molecular flexibility index (Phi) is 10.4. The van der Waals surface area contributed by atoms with E-state index in [0.29, 0.717) is 30.5 Å². The maximum Gasteiger partial charge on any atom is 0.261 e. The van der Waals surface area contributed by atoms with Gasteiger partial charge in [0.2, 0.25) is 5.91 Å². The van der Waals surface area contributed by atoms with Crippen molar-refractivity contribution in [1.82, 2.24) is 4.90 Å². The highest BCUT2D eigenvalue weighted by atomic mass is 35.5. The van der Waals surface area contributed by atoms with E-state index in [2.05, 4.69) is 31.9 Å². The lowest BCUT2D eigenvalue weighted by Gasteiger charge is -2.32. The van der Waals surface area contributed by atoms with Crippen LogP contribution in [-0.4, -0.2) is 34.8 Å². The number of rotatable bonds is 6. The van der Waals surface area contributed by atoms with Crippen LogP contribution in [0.15, 0.2) is 53.6 Å². The fourth-order valence-electron chi connectivity index (χ4n) is 4.66. The summed E-state index contributed by atoms with van der Waals surface area (Å²) in [5.41, 5.74) is 1.67. The Balaban J connectivity index is 0.000000241. The SMILES string of the molecule is C#CC(C)Oc1cc(N2C(=O)C3=C(CCCC3)C2=O)c(F)cc1Cl.CC(C)N(Cc1ccccc1)C(=O)C(C)(C)C. The van der Waals surface area contributed by atoms with Crippen LogP contribution < -0.4 is 9.64 Å². The summed E-state index contributed by atoms with van der Waals surface area (Å²) in [7, 11) is 0. The first-order valence-electron chi connectivity index (χ1n) is 13.8. The molecule has 8 heteroatoms. The van der Waals surface area contributed by atoms with Crippen molar-refractivity contribution in [3.05, 3.63) is 70.0 Å². The number of terminal acetylenes is 1. The van der Waals surface area contributed by atoms with E-state index < -0.39 is 23.7 Å². The van der Waals surface area contributed by atoms with Crippen LogP contribution in [0.1, 0.15) is 72.8 Å². The zero-order chi connectivity index (χ0) is 30.5. The number of nitrogens with zero attached hydrogens (tertiary/aromatic N) is 2. The van der Waals surface area contributed by atoms with E-state index in [1.165, 1.54) is 11.6 Å². The number of hydrogen-bond acceptors (Lipinski definition) is 4. The van der Waals surface area contributed by atoms with Gasteiger partial charge >= 0.3 is 0 Å². The van der Waals surface area contributed by atoms with Crippen LogP contribution in [-0.2, 0) is 20.9 Å². The Morgan fingerprint density at radius 3 is 2.12 bits per heavy atom. The molecule has 0 saturated carbocycles. The van der Waals surface area contributed by atoms with Gasteiger partial charge in [-0.05, 0) is 58.1 Å². The number of anilines is 1. The first-order valence-corrected chi connectivity index (χ1v) is 14.2. The summed E-state index contributed by atoms with van der Waals surface area (Å²) >= 11 is 5.97. The van der Waals surface area contributed by atoms with Gasteiger partial charge in [-0.15, -0.1) is 6.42 Å². The molecule has 2 aromatic carbocycles. The summed E-state index contributed by atoms with van der Waals surface area (Å²) < 4.78 is 19.8. The van der Waals surface area contributed by atoms with Gasteiger partial charge < -0.3 is 9.64 Å². The van der Waals surface area contributed by atoms with Crippen molar-refractivity contribution in [2.24, 2.45) is 5.41 Å². The van der Waals surface area contributed by atoms with Crippen molar-refractivity contribution in [2.45, 2.75) is 85.9 Å². The molecule has 1 aliphatic carbocycles. The average molecular weight is 581 g/mol. The number of benzene rings is 2. The fourth-order valence-corrected chi connectivity index (χ4v) is 4.86. The van der Waals surface area contributed by atoms with Gasteiger partial charge in [-0.2, -0.15) is 0 Å². The van der Waals surface area contributed by atoms with Crippen LogP contribution >= 0.6 is 11.6 Å². The third-order valence-electron chi connectivity index (χ3n) is 6.89. The molecule has 0 aromatic heterocycles. The fraction of sp³-hybridized carbons (Fsp3) is 0.424. The van der Waals surface area contributed by atoms with Crippen LogP contribution in [0, 0.1) is 23.6 Å². The average Bonchev–Trinajstić information content (AvgIpc) is 3.18. The molecule has 2 aromatic rings. The Labute approximate surface area is 247 Å². The molecule has 0 spiro atoms. The number of halogens is 2. The van der Waals surface area contributed by atoms with Crippen molar-refractivity contribution >= 4 is 35.0 Å². The second-order valence-corrected chi connectivity index (χ2v) is 11.9. The summed E-state index contributed by atoms with van der Waals surface area (Å²) in [5, 5.41) is 0.0233. The van der Waals surface area contributed by atoms with Gasteiger partial charge in [0.25, 0.3) is 11.8 Å². The van der Waals surface area contributed by atoms with E-state index >= 15 is 0 Å². The van der Waals surface area contributed by atoms with Gasteiger partial charge in [0.05, 0.1) is 10.7 Å². The van der Waals surface area contributed by atoms with E-state index in [1.54, 1.807) is 6.92 Å². The summed E-state index contributed by atoms with van der Waals surface area (Å²) in [6.07, 6.45) is 7.47. The molecule has 41 heavy (non-hydrogen) atoms. The normalized spacial score (nSPS) is 15.7. The number of carbonyl (C=O) groups is 3. The van der Waals surface area contributed by atoms with Crippen LogP contribution in [0.3, 0.4) is 0 Å². The topological polar surface area (TPSA) is 66.9 Å². The monoisotopic (exact) mass is 580 g/mol.